The van der Waals surface area contributed by atoms with E-state index in [-0.39, 0.29) is 24.3 Å². The van der Waals surface area contributed by atoms with Gasteiger partial charge in [-0.15, -0.1) is 18.3 Å². The average molecular weight is 345 g/mol. The predicted molar refractivity (Wildman–Crippen MR) is 96.7 cm³/mol. The van der Waals surface area contributed by atoms with Crippen molar-refractivity contribution < 1.29 is 13.9 Å². The molecule has 0 saturated heterocycles. The van der Waals surface area contributed by atoms with Gasteiger partial charge in [0.15, 0.2) is 11.6 Å². The zero-order valence-corrected chi connectivity index (χ0v) is 14.1. The van der Waals surface area contributed by atoms with E-state index in [2.05, 4.69) is 11.9 Å². The topological polar surface area (TPSA) is 38.3 Å². The largest absolute Gasteiger partial charge is 0.488 e. The van der Waals surface area contributed by atoms with Gasteiger partial charge in [-0.1, -0.05) is 48.5 Å². The molecule has 126 valence electrons. The van der Waals surface area contributed by atoms with Gasteiger partial charge in [0.2, 0.25) is 5.91 Å². The molecule has 0 aliphatic heterocycles. The Bertz CT molecular complexity index is 663. The third-order valence-electron chi connectivity index (χ3n) is 3.25. The zero-order chi connectivity index (χ0) is 17.2. The molecule has 0 aliphatic carbocycles. The van der Waals surface area contributed by atoms with Crippen molar-refractivity contribution >= 4 is 17.7 Å². The van der Waals surface area contributed by atoms with Gasteiger partial charge in [0.05, 0.1) is 11.8 Å². The van der Waals surface area contributed by atoms with Gasteiger partial charge in [-0.25, -0.2) is 4.39 Å². The van der Waals surface area contributed by atoms with E-state index in [9.17, 15) is 9.18 Å². The van der Waals surface area contributed by atoms with E-state index < -0.39 is 5.82 Å². The number of ether oxygens (including phenoxy) is 1. The lowest BCUT2D eigenvalue weighted by atomic mass is 10.1. The van der Waals surface area contributed by atoms with Gasteiger partial charge in [-0.3, -0.25) is 4.79 Å². The van der Waals surface area contributed by atoms with Crippen molar-refractivity contribution in [2.24, 2.45) is 0 Å². The summed E-state index contributed by atoms with van der Waals surface area (Å²) in [5.41, 5.74) is 0.913. The molecule has 24 heavy (non-hydrogen) atoms. The van der Waals surface area contributed by atoms with Crippen molar-refractivity contribution in [1.82, 2.24) is 5.32 Å². The average Bonchev–Trinajstić information content (AvgIpc) is 2.61. The first-order valence-corrected chi connectivity index (χ1v) is 8.76. The number of carbonyl (C=O) groups is 1. The van der Waals surface area contributed by atoms with Crippen LogP contribution in [0.5, 0.6) is 5.75 Å². The van der Waals surface area contributed by atoms with E-state index in [0.717, 1.165) is 11.3 Å². The minimum Gasteiger partial charge on any atom is -0.488 e. The van der Waals surface area contributed by atoms with Crippen LogP contribution in [-0.2, 0) is 4.79 Å². The lowest BCUT2D eigenvalue weighted by molar-refractivity contribution is -0.119. The number of nitrogens with one attached hydrogen (secondary N) is 1. The van der Waals surface area contributed by atoms with Crippen LogP contribution in [0.15, 0.2) is 67.3 Å². The van der Waals surface area contributed by atoms with Crippen LogP contribution in [-0.4, -0.2) is 24.0 Å². The Labute approximate surface area is 145 Å². The maximum absolute atomic E-state index is 13.7. The molecule has 2 aromatic rings. The third-order valence-corrected chi connectivity index (χ3v) is 4.19. The fourth-order valence-corrected chi connectivity index (χ4v) is 2.67. The lowest BCUT2D eigenvalue weighted by Crippen LogP contribution is -2.33. The standard InChI is InChI=1S/C19H20FNO2S/c1-2-12-24-14-19(22)21-17(15-8-4-3-5-9-15)13-23-18-11-7-6-10-16(18)20/h2-11,17H,1,12-14H2,(H,21,22). The van der Waals surface area contributed by atoms with E-state index in [1.807, 2.05) is 30.3 Å². The van der Waals surface area contributed by atoms with Crippen molar-refractivity contribution in [3.05, 3.63) is 78.6 Å². The maximum atomic E-state index is 13.7. The predicted octanol–water partition coefficient (Wildman–Crippen LogP) is 3.98. The van der Waals surface area contributed by atoms with Crippen LogP contribution in [0.1, 0.15) is 11.6 Å². The maximum Gasteiger partial charge on any atom is 0.230 e. The number of hydrogen-bond acceptors (Lipinski definition) is 3. The second kappa shape index (κ2) is 9.78. The number of carbonyl (C=O) groups excluding carboxylic acids is 1. The van der Waals surface area contributed by atoms with Crippen molar-refractivity contribution in [2.75, 3.05) is 18.1 Å². The second-order valence-corrected chi connectivity index (χ2v) is 6.11. The first-order chi connectivity index (χ1) is 11.7. The number of para-hydroxylation sites is 1. The van der Waals surface area contributed by atoms with E-state index in [1.165, 1.54) is 17.8 Å². The summed E-state index contributed by atoms with van der Waals surface area (Å²) in [6.07, 6.45) is 1.76. The molecule has 0 spiro atoms. The van der Waals surface area contributed by atoms with Gasteiger partial charge in [0.25, 0.3) is 0 Å². The third kappa shape index (κ3) is 5.74. The van der Waals surface area contributed by atoms with Crippen molar-refractivity contribution in [1.29, 1.82) is 0 Å². The van der Waals surface area contributed by atoms with Crippen LogP contribution in [0.3, 0.4) is 0 Å². The fourth-order valence-electron chi connectivity index (χ4n) is 2.11. The number of amides is 1. The molecule has 1 atom stereocenters. The van der Waals surface area contributed by atoms with Crippen LogP contribution in [0.25, 0.3) is 0 Å². The number of rotatable bonds is 9. The van der Waals surface area contributed by atoms with Crippen LogP contribution in [0.2, 0.25) is 0 Å². The molecule has 0 radical (unpaired) electrons. The Morgan fingerprint density at radius 3 is 2.62 bits per heavy atom. The summed E-state index contributed by atoms with van der Waals surface area (Å²) in [5, 5.41) is 2.94. The molecule has 0 aliphatic rings. The number of hydrogen-bond donors (Lipinski definition) is 1. The highest BCUT2D eigenvalue weighted by Crippen LogP contribution is 2.19. The van der Waals surface area contributed by atoms with E-state index >= 15 is 0 Å². The van der Waals surface area contributed by atoms with Crippen molar-refractivity contribution in [2.45, 2.75) is 6.04 Å². The molecular formula is C19H20FNO2S. The van der Waals surface area contributed by atoms with Gasteiger partial charge in [0, 0.05) is 5.75 Å². The SMILES string of the molecule is C=CCSCC(=O)NC(COc1ccccc1F)c1ccccc1. The molecule has 1 amide bonds. The van der Waals surface area contributed by atoms with Gasteiger partial charge < -0.3 is 10.1 Å². The molecule has 0 fully saturated rings. The lowest BCUT2D eigenvalue weighted by Gasteiger charge is -2.20. The zero-order valence-electron chi connectivity index (χ0n) is 13.3. The summed E-state index contributed by atoms with van der Waals surface area (Å²) in [6.45, 7) is 3.78. The summed E-state index contributed by atoms with van der Waals surface area (Å²) in [4.78, 5) is 12.1. The first-order valence-electron chi connectivity index (χ1n) is 7.61. The first kappa shape index (κ1) is 18.1. The molecule has 1 N–H and O–H groups in total. The summed E-state index contributed by atoms with van der Waals surface area (Å²) in [5.74, 6) is 0.725. The molecule has 0 aromatic heterocycles. The molecule has 1 unspecified atom stereocenters. The molecule has 2 rings (SSSR count). The van der Waals surface area contributed by atoms with E-state index in [0.29, 0.717) is 5.75 Å². The highest BCUT2D eigenvalue weighted by molar-refractivity contribution is 8.00. The van der Waals surface area contributed by atoms with Crippen LogP contribution in [0, 0.1) is 5.82 Å². The molecule has 0 bridgehead atoms. The van der Waals surface area contributed by atoms with Gasteiger partial charge in [0.1, 0.15) is 6.61 Å². The molecule has 5 heteroatoms. The van der Waals surface area contributed by atoms with Crippen molar-refractivity contribution in [3.8, 4) is 5.75 Å². The Kier molecular flexibility index (Phi) is 7.36. The molecule has 0 heterocycles. The minimum absolute atomic E-state index is 0.0900. The second-order valence-electron chi connectivity index (χ2n) is 5.08. The quantitative estimate of drug-likeness (QED) is 0.552. The van der Waals surface area contributed by atoms with Gasteiger partial charge >= 0.3 is 0 Å². The number of halogens is 1. The number of thioether (sulfide) groups is 1. The molecule has 0 saturated carbocycles. The highest BCUT2D eigenvalue weighted by atomic mass is 32.2. The van der Waals surface area contributed by atoms with Gasteiger partial charge in [-0.05, 0) is 17.7 Å². The van der Waals surface area contributed by atoms with Crippen molar-refractivity contribution in [3.63, 3.8) is 0 Å². The number of benzene rings is 2. The molecule has 3 nitrogen and oxygen atoms in total. The Hall–Kier alpha value is -2.27. The normalized spacial score (nSPS) is 11.5. The van der Waals surface area contributed by atoms with Crippen LogP contribution in [0.4, 0.5) is 4.39 Å². The molecule has 2 aromatic carbocycles. The van der Waals surface area contributed by atoms with Crippen LogP contribution >= 0.6 is 11.8 Å². The smallest absolute Gasteiger partial charge is 0.230 e. The Morgan fingerprint density at radius 2 is 1.92 bits per heavy atom. The molecular weight excluding hydrogens is 325 g/mol. The Balaban J connectivity index is 2.02. The Morgan fingerprint density at radius 1 is 1.21 bits per heavy atom. The summed E-state index contributed by atoms with van der Waals surface area (Å²) in [6, 6.07) is 15.4. The van der Waals surface area contributed by atoms with E-state index in [4.69, 9.17) is 4.74 Å². The van der Waals surface area contributed by atoms with E-state index in [1.54, 1.807) is 24.3 Å². The minimum atomic E-state index is -0.419. The summed E-state index contributed by atoms with van der Waals surface area (Å²) in [7, 11) is 0. The monoisotopic (exact) mass is 345 g/mol. The fraction of sp³-hybridized carbons (Fsp3) is 0.211. The summed E-state index contributed by atoms with van der Waals surface area (Å²) >= 11 is 1.48. The van der Waals surface area contributed by atoms with Gasteiger partial charge in [-0.2, -0.15) is 0 Å². The summed E-state index contributed by atoms with van der Waals surface area (Å²) < 4.78 is 19.3. The van der Waals surface area contributed by atoms with Crippen LogP contribution < -0.4 is 10.1 Å². The highest BCUT2D eigenvalue weighted by Gasteiger charge is 2.16.